The van der Waals surface area contributed by atoms with E-state index in [2.05, 4.69) is 16.9 Å². The molecule has 261 valence electrons. The average molecular weight is 722 g/mol. The number of fused-ring (bicyclic) bond motifs is 4. The molecular formula is C46H25N8O2. The molecule has 0 atom stereocenters. The molecule has 56 heavy (non-hydrogen) atoms. The monoisotopic (exact) mass is 721 g/mol. The summed E-state index contributed by atoms with van der Waals surface area (Å²) in [5, 5.41) is 66.4. The summed E-state index contributed by atoms with van der Waals surface area (Å²) in [4.78, 5) is 12.2. The van der Waals surface area contributed by atoms with E-state index in [4.69, 9.17) is 0 Å². The number of urea groups is 1. The van der Waals surface area contributed by atoms with Gasteiger partial charge in [0.15, 0.2) is 0 Å². The highest BCUT2D eigenvalue weighted by Gasteiger charge is 2.31. The molecule has 10 heteroatoms. The predicted molar refractivity (Wildman–Crippen MR) is 213 cm³/mol. The Kier molecular flexibility index (Phi) is 8.55. The SMILES string of the molecule is CN1N=C(c2ccc(-c3c4ccccc4c(C#Cc4ccc5c(=C(C#N)C#N)c6ccccc6c(=C(C#N)C#N)c5c4)c4ccccc34)cc2)N([O])N(C)C1=O. The molecule has 10 nitrogen and oxygen atoms in total. The summed E-state index contributed by atoms with van der Waals surface area (Å²) in [7, 11) is 2.89. The second kappa shape index (κ2) is 13.8. The van der Waals surface area contributed by atoms with E-state index in [9.17, 15) is 31.0 Å². The molecule has 1 aliphatic heterocycles. The minimum atomic E-state index is -0.538. The minimum absolute atomic E-state index is 0.0773. The van der Waals surface area contributed by atoms with Crippen LogP contribution in [0.5, 0.6) is 0 Å². The Labute approximate surface area is 320 Å². The molecule has 0 N–H and O–H groups in total. The third kappa shape index (κ3) is 5.47. The van der Waals surface area contributed by atoms with Crippen LogP contribution in [0.1, 0.15) is 16.7 Å². The van der Waals surface area contributed by atoms with Gasteiger partial charge in [-0.15, -0.1) is 10.3 Å². The normalized spacial score (nSPS) is 12.4. The lowest BCUT2D eigenvalue weighted by Gasteiger charge is -2.33. The van der Waals surface area contributed by atoms with Crippen LogP contribution in [0.25, 0.3) is 65.4 Å². The summed E-state index contributed by atoms with van der Waals surface area (Å²) in [5.74, 6) is 6.88. The number of nitriles is 4. The van der Waals surface area contributed by atoms with Gasteiger partial charge in [-0.05, 0) is 66.3 Å². The van der Waals surface area contributed by atoms with Crippen LogP contribution in [0.4, 0.5) is 4.79 Å². The van der Waals surface area contributed by atoms with Gasteiger partial charge in [0, 0.05) is 41.2 Å². The number of hydrogen-bond acceptors (Lipinski definition) is 7. The molecule has 0 saturated heterocycles. The highest BCUT2D eigenvalue weighted by molar-refractivity contribution is 6.16. The smallest absolute Gasteiger partial charge is 0.244 e. The van der Waals surface area contributed by atoms with Crippen LogP contribution in [0, 0.1) is 57.2 Å². The maximum absolute atomic E-state index is 12.8. The predicted octanol–water partition coefficient (Wildman–Crippen LogP) is 6.98. The van der Waals surface area contributed by atoms with Gasteiger partial charge in [0.05, 0.1) is 0 Å². The first-order chi connectivity index (χ1) is 27.3. The Morgan fingerprint density at radius 2 is 1.02 bits per heavy atom. The van der Waals surface area contributed by atoms with E-state index in [0.29, 0.717) is 48.3 Å². The zero-order valence-electron chi connectivity index (χ0n) is 29.9. The fraction of sp³-hybridized carbons (Fsp3) is 0.0435. The fourth-order valence-corrected chi connectivity index (χ4v) is 7.38. The van der Waals surface area contributed by atoms with E-state index >= 15 is 0 Å². The second-order valence-corrected chi connectivity index (χ2v) is 12.9. The summed E-state index contributed by atoms with van der Waals surface area (Å²) in [6, 6.07) is 43.6. The molecule has 0 spiro atoms. The number of rotatable bonds is 2. The number of hydrogen-bond donors (Lipinski definition) is 0. The van der Waals surface area contributed by atoms with E-state index in [0.717, 1.165) is 48.3 Å². The van der Waals surface area contributed by atoms with E-state index in [1.165, 1.54) is 14.1 Å². The van der Waals surface area contributed by atoms with Gasteiger partial charge in [-0.3, -0.25) is 0 Å². The lowest BCUT2D eigenvalue weighted by atomic mass is 9.88. The number of hydrazine groups is 1. The van der Waals surface area contributed by atoms with Crippen molar-refractivity contribution in [2.75, 3.05) is 14.1 Å². The third-order valence-electron chi connectivity index (χ3n) is 9.92. The number of carbonyl (C=O) groups excluding carboxylic acids is 1. The number of hydrazone groups is 1. The van der Waals surface area contributed by atoms with Crippen molar-refractivity contribution in [2.24, 2.45) is 5.10 Å². The molecule has 0 bridgehead atoms. The van der Waals surface area contributed by atoms with E-state index in [1.54, 1.807) is 36.4 Å². The van der Waals surface area contributed by atoms with E-state index in [-0.39, 0.29) is 17.0 Å². The van der Waals surface area contributed by atoms with Gasteiger partial charge in [0.25, 0.3) is 0 Å². The van der Waals surface area contributed by atoms with Gasteiger partial charge >= 0.3 is 6.03 Å². The first kappa shape index (κ1) is 34.6. The second-order valence-electron chi connectivity index (χ2n) is 12.9. The molecule has 8 rings (SSSR count). The maximum atomic E-state index is 12.8. The van der Waals surface area contributed by atoms with Gasteiger partial charge in [-0.25, -0.2) is 14.8 Å². The van der Waals surface area contributed by atoms with Crippen LogP contribution in [-0.4, -0.2) is 41.2 Å². The molecule has 1 radical (unpaired) electrons. The zero-order valence-corrected chi connectivity index (χ0v) is 29.9. The highest BCUT2D eigenvalue weighted by Crippen LogP contribution is 2.39. The van der Waals surface area contributed by atoms with Crippen molar-refractivity contribution >= 4 is 66.1 Å². The molecule has 1 heterocycles. The standard InChI is InChI=1S/C46H25N8O2/c1-52-46(55)53(2)54(56)45(51-52)30-19-17-29(18-20-30)42-36-11-5-3-9-33(36)35(34-10-4-6-12-37(34)42)21-15-28-16-22-40-41(23-28)44(32(26-49)27-50)39-14-8-7-13-38(39)43(40)31(24-47)25-48/h3-14,16-20,22-23H,1-2H3. The average Bonchev–Trinajstić information content (AvgIpc) is 3.24. The van der Waals surface area contributed by atoms with Crippen LogP contribution < -0.4 is 10.4 Å². The number of amides is 2. The lowest BCUT2D eigenvalue weighted by Crippen LogP contribution is -2.53. The molecule has 0 fully saturated rings. The van der Waals surface area contributed by atoms with Gasteiger partial charge in [-0.2, -0.15) is 21.0 Å². The first-order valence-corrected chi connectivity index (χ1v) is 17.3. The Bertz CT molecular complexity index is 3190. The van der Waals surface area contributed by atoms with Crippen molar-refractivity contribution < 1.29 is 10.0 Å². The van der Waals surface area contributed by atoms with Crippen LogP contribution in [0.2, 0.25) is 0 Å². The summed E-state index contributed by atoms with van der Waals surface area (Å²) < 4.78 is 0. The molecular weight excluding hydrogens is 697 g/mol. The summed E-state index contributed by atoms with van der Waals surface area (Å²) >= 11 is 0. The highest BCUT2D eigenvalue weighted by atomic mass is 16.6. The van der Waals surface area contributed by atoms with Crippen molar-refractivity contribution in [2.45, 2.75) is 0 Å². The molecule has 0 aliphatic carbocycles. The van der Waals surface area contributed by atoms with Gasteiger partial charge < -0.3 is 0 Å². The topological polar surface area (TPSA) is 154 Å². The van der Waals surface area contributed by atoms with Crippen molar-refractivity contribution in [3.63, 3.8) is 0 Å². The fourth-order valence-electron chi connectivity index (χ4n) is 7.38. The summed E-state index contributed by atoms with van der Waals surface area (Å²) in [6.07, 6.45) is 0. The van der Waals surface area contributed by atoms with Crippen LogP contribution in [0.15, 0.2) is 120 Å². The van der Waals surface area contributed by atoms with Crippen LogP contribution in [0.3, 0.4) is 0 Å². The van der Waals surface area contributed by atoms with Crippen molar-refractivity contribution in [3.05, 3.63) is 142 Å². The molecule has 0 aromatic heterocycles. The summed E-state index contributed by atoms with van der Waals surface area (Å²) in [5.41, 5.74) is 3.68. The largest absolute Gasteiger partial charge is 0.360 e. The quantitative estimate of drug-likeness (QED) is 0.139. The number of hydroxylamine groups is 1. The molecule has 2 amide bonds. The summed E-state index contributed by atoms with van der Waals surface area (Å²) in [6.45, 7) is 0. The number of benzene rings is 7. The Hall–Kier alpha value is -8.46. The molecule has 0 saturated carbocycles. The van der Waals surface area contributed by atoms with Crippen molar-refractivity contribution in [1.29, 1.82) is 21.0 Å². The minimum Gasteiger partial charge on any atom is -0.244 e. The first-order valence-electron chi connectivity index (χ1n) is 17.3. The van der Waals surface area contributed by atoms with Gasteiger partial charge in [0.2, 0.25) is 5.84 Å². The van der Waals surface area contributed by atoms with Gasteiger partial charge in [-0.1, -0.05) is 120 Å². The van der Waals surface area contributed by atoms with Crippen LogP contribution in [-0.2, 0) is 5.21 Å². The Morgan fingerprint density at radius 1 is 0.554 bits per heavy atom. The number of nitrogens with zero attached hydrogens (tertiary/aromatic N) is 8. The number of amidine groups is 1. The van der Waals surface area contributed by atoms with E-state index in [1.807, 2.05) is 103 Å². The Balaban J connectivity index is 1.33. The third-order valence-corrected chi connectivity index (χ3v) is 9.92. The maximum Gasteiger partial charge on any atom is 0.360 e. The Morgan fingerprint density at radius 3 is 1.55 bits per heavy atom. The molecule has 7 aromatic rings. The number of carbonyl (C=O) groups is 1. The van der Waals surface area contributed by atoms with Crippen molar-refractivity contribution in [3.8, 4) is 47.2 Å². The van der Waals surface area contributed by atoms with Gasteiger partial charge in [0.1, 0.15) is 35.4 Å². The van der Waals surface area contributed by atoms with E-state index < -0.39 is 6.03 Å². The van der Waals surface area contributed by atoms with Crippen LogP contribution >= 0.6 is 0 Å². The molecule has 0 unspecified atom stereocenters. The molecule has 7 aromatic carbocycles. The zero-order chi connectivity index (χ0) is 39.1. The molecule has 1 aliphatic rings. The lowest BCUT2D eigenvalue weighted by molar-refractivity contribution is -0.207. The van der Waals surface area contributed by atoms with Crippen molar-refractivity contribution in [1.82, 2.24) is 15.2 Å².